The minimum atomic E-state index is 0.307. The summed E-state index contributed by atoms with van der Waals surface area (Å²) in [6, 6.07) is 8.74. The highest BCUT2D eigenvalue weighted by Crippen LogP contribution is 2.21. The molecule has 0 fully saturated rings. The number of aromatic nitrogens is 2. The molecule has 0 saturated heterocycles. The van der Waals surface area contributed by atoms with Gasteiger partial charge in [0.1, 0.15) is 0 Å². The van der Waals surface area contributed by atoms with Crippen molar-refractivity contribution in [1.29, 1.82) is 0 Å². The van der Waals surface area contributed by atoms with Crippen molar-refractivity contribution in [2.24, 2.45) is 0 Å². The first-order valence-electron chi connectivity index (χ1n) is 6.65. The lowest BCUT2D eigenvalue weighted by Crippen LogP contribution is -2.20. The molecule has 1 aromatic heterocycles. The number of hydrogen-bond acceptors (Lipinski definition) is 3. The molecule has 3 heteroatoms. The fourth-order valence-corrected chi connectivity index (χ4v) is 2.24. The Balaban J connectivity index is 2.08. The van der Waals surface area contributed by atoms with Crippen molar-refractivity contribution in [3.63, 3.8) is 0 Å². The van der Waals surface area contributed by atoms with E-state index in [1.54, 1.807) is 6.20 Å². The lowest BCUT2D eigenvalue weighted by atomic mass is 9.96. The van der Waals surface area contributed by atoms with E-state index in [0.717, 1.165) is 12.2 Å². The number of aryl methyl sites for hydroxylation is 3. The van der Waals surface area contributed by atoms with Crippen LogP contribution in [0.4, 0.5) is 0 Å². The van der Waals surface area contributed by atoms with Crippen LogP contribution in [0, 0.1) is 20.8 Å². The molecule has 1 N–H and O–H groups in total. The summed E-state index contributed by atoms with van der Waals surface area (Å²) in [4.78, 5) is 0. The fourth-order valence-electron chi connectivity index (χ4n) is 2.24. The molecule has 2 rings (SSSR count). The van der Waals surface area contributed by atoms with Crippen molar-refractivity contribution < 1.29 is 0 Å². The summed E-state index contributed by atoms with van der Waals surface area (Å²) < 4.78 is 0. The van der Waals surface area contributed by atoms with E-state index in [4.69, 9.17) is 0 Å². The first-order chi connectivity index (χ1) is 9.08. The zero-order valence-corrected chi connectivity index (χ0v) is 12.1. The monoisotopic (exact) mass is 255 g/mol. The molecule has 0 spiro atoms. The molecule has 100 valence electrons. The fraction of sp³-hybridized carbons (Fsp3) is 0.375. The largest absolute Gasteiger partial charge is 0.304 e. The Kier molecular flexibility index (Phi) is 4.27. The first-order valence-corrected chi connectivity index (χ1v) is 6.65. The summed E-state index contributed by atoms with van der Waals surface area (Å²) in [7, 11) is 0. The third-order valence-electron chi connectivity index (χ3n) is 3.57. The number of benzene rings is 1. The first kappa shape index (κ1) is 13.7. The van der Waals surface area contributed by atoms with Crippen LogP contribution in [0.15, 0.2) is 30.5 Å². The predicted molar refractivity (Wildman–Crippen MR) is 77.9 cm³/mol. The molecule has 19 heavy (non-hydrogen) atoms. The Morgan fingerprint density at radius 1 is 1.11 bits per heavy atom. The molecule has 2 aromatic rings. The van der Waals surface area contributed by atoms with Crippen molar-refractivity contribution >= 4 is 0 Å². The lowest BCUT2D eigenvalue weighted by molar-refractivity contribution is 0.561. The maximum Gasteiger partial charge on any atom is 0.0769 e. The van der Waals surface area contributed by atoms with Crippen molar-refractivity contribution in [1.82, 2.24) is 15.5 Å². The van der Waals surface area contributed by atoms with E-state index in [1.807, 2.05) is 12.1 Å². The van der Waals surface area contributed by atoms with E-state index in [2.05, 4.69) is 55.3 Å². The summed E-state index contributed by atoms with van der Waals surface area (Å²) in [5.74, 6) is 0. The lowest BCUT2D eigenvalue weighted by Gasteiger charge is -2.18. The second-order valence-corrected chi connectivity index (χ2v) is 5.11. The zero-order valence-electron chi connectivity index (χ0n) is 12.1. The summed E-state index contributed by atoms with van der Waals surface area (Å²) in [6.07, 6.45) is 1.69. The van der Waals surface area contributed by atoms with Gasteiger partial charge in [-0.3, -0.25) is 0 Å². The second-order valence-electron chi connectivity index (χ2n) is 5.11. The average molecular weight is 255 g/mol. The van der Waals surface area contributed by atoms with E-state index in [1.165, 1.54) is 22.3 Å². The van der Waals surface area contributed by atoms with Gasteiger partial charge in [-0.2, -0.15) is 10.2 Å². The molecule has 0 aliphatic carbocycles. The van der Waals surface area contributed by atoms with Crippen LogP contribution in [0.5, 0.6) is 0 Å². The van der Waals surface area contributed by atoms with Gasteiger partial charge in [0.25, 0.3) is 0 Å². The van der Waals surface area contributed by atoms with Gasteiger partial charge in [-0.1, -0.05) is 12.1 Å². The van der Waals surface area contributed by atoms with Crippen LogP contribution in [0.2, 0.25) is 0 Å². The predicted octanol–water partition coefficient (Wildman–Crippen LogP) is 3.25. The Morgan fingerprint density at radius 3 is 2.53 bits per heavy atom. The molecule has 0 radical (unpaired) electrons. The van der Waals surface area contributed by atoms with E-state index in [9.17, 15) is 0 Å². The van der Waals surface area contributed by atoms with Crippen LogP contribution in [0.3, 0.4) is 0 Å². The highest BCUT2D eigenvalue weighted by molar-refractivity contribution is 5.38. The summed E-state index contributed by atoms with van der Waals surface area (Å²) in [6.45, 7) is 9.41. The summed E-state index contributed by atoms with van der Waals surface area (Å²) in [5, 5.41) is 11.5. The van der Waals surface area contributed by atoms with Crippen LogP contribution in [0.25, 0.3) is 0 Å². The van der Waals surface area contributed by atoms with Gasteiger partial charge in [0.15, 0.2) is 0 Å². The highest BCUT2D eigenvalue weighted by atomic mass is 15.1. The van der Waals surface area contributed by atoms with Crippen LogP contribution < -0.4 is 5.32 Å². The molecule has 0 saturated carbocycles. The quantitative estimate of drug-likeness (QED) is 0.911. The van der Waals surface area contributed by atoms with Gasteiger partial charge in [0.2, 0.25) is 0 Å². The zero-order chi connectivity index (χ0) is 13.8. The van der Waals surface area contributed by atoms with Gasteiger partial charge in [-0.05, 0) is 62.1 Å². The third-order valence-corrected chi connectivity index (χ3v) is 3.57. The molecule has 0 aliphatic rings. The maximum atomic E-state index is 4.09. The smallest absolute Gasteiger partial charge is 0.0769 e. The third kappa shape index (κ3) is 3.38. The standard InChI is InChI=1S/C16H21N3/c1-11-8-13(3)16(9-12(11)2)14(4)17-10-15-6-5-7-18-19-15/h5-9,14,17H,10H2,1-4H3. The minimum absolute atomic E-state index is 0.307. The summed E-state index contributed by atoms with van der Waals surface area (Å²) >= 11 is 0. The molecule has 1 aromatic carbocycles. The normalized spacial score (nSPS) is 12.4. The van der Waals surface area contributed by atoms with Gasteiger partial charge in [0, 0.05) is 18.8 Å². The second kappa shape index (κ2) is 5.93. The Labute approximate surface area is 115 Å². The molecule has 0 aliphatic heterocycles. The Morgan fingerprint density at radius 2 is 1.84 bits per heavy atom. The number of rotatable bonds is 4. The van der Waals surface area contributed by atoms with Crippen LogP contribution >= 0.6 is 0 Å². The molecule has 0 amide bonds. The van der Waals surface area contributed by atoms with Gasteiger partial charge < -0.3 is 5.32 Å². The average Bonchev–Trinajstić information content (AvgIpc) is 2.41. The van der Waals surface area contributed by atoms with Crippen molar-refractivity contribution in [3.8, 4) is 0 Å². The van der Waals surface area contributed by atoms with Gasteiger partial charge in [0.05, 0.1) is 5.69 Å². The van der Waals surface area contributed by atoms with Crippen LogP contribution in [0.1, 0.15) is 40.9 Å². The topological polar surface area (TPSA) is 37.8 Å². The van der Waals surface area contributed by atoms with Gasteiger partial charge in [-0.15, -0.1) is 0 Å². The van der Waals surface area contributed by atoms with E-state index >= 15 is 0 Å². The Bertz CT molecular complexity index is 549. The molecular weight excluding hydrogens is 234 g/mol. The number of nitrogens with one attached hydrogen (secondary N) is 1. The molecule has 1 atom stereocenters. The molecule has 1 heterocycles. The molecular formula is C16H21N3. The molecule has 3 nitrogen and oxygen atoms in total. The maximum absolute atomic E-state index is 4.09. The van der Waals surface area contributed by atoms with E-state index in [-0.39, 0.29) is 0 Å². The van der Waals surface area contributed by atoms with E-state index < -0.39 is 0 Å². The van der Waals surface area contributed by atoms with Gasteiger partial charge in [-0.25, -0.2) is 0 Å². The number of hydrogen-bond donors (Lipinski definition) is 1. The number of nitrogens with zero attached hydrogens (tertiary/aromatic N) is 2. The van der Waals surface area contributed by atoms with Gasteiger partial charge >= 0.3 is 0 Å². The molecule has 0 bridgehead atoms. The van der Waals surface area contributed by atoms with Crippen molar-refractivity contribution in [2.45, 2.75) is 40.3 Å². The van der Waals surface area contributed by atoms with Crippen LogP contribution in [-0.4, -0.2) is 10.2 Å². The SMILES string of the molecule is Cc1cc(C)c(C(C)NCc2cccnn2)cc1C. The molecule has 1 unspecified atom stereocenters. The minimum Gasteiger partial charge on any atom is -0.304 e. The van der Waals surface area contributed by atoms with Crippen LogP contribution in [-0.2, 0) is 6.54 Å². The van der Waals surface area contributed by atoms with E-state index in [0.29, 0.717) is 6.04 Å². The Hall–Kier alpha value is -1.74. The highest BCUT2D eigenvalue weighted by Gasteiger charge is 2.09. The van der Waals surface area contributed by atoms with Crippen molar-refractivity contribution in [2.75, 3.05) is 0 Å². The summed E-state index contributed by atoms with van der Waals surface area (Å²) in [5.41, 5.74) is 6.35. The van der Waals surface area contributed by atoms with Crippen molar-refractivity contribution in [3.05, 3.63) is 58.4 Å².